The van der Waals surface area contributed by atoms with Gasteiger partial charge >= 0.3 is 0 Å². The van der Waals surface area contributed by atoms with E-state index in [1.54, 1.807) is 11.3 Å². The molecule has 0 bridgehead atoms. The minimum atomic E-state index is 0.681. The van der Waals surface area contributed by atoms with Crippen LogP contribution in [0, 0.1) is 0 Å². The number of rotatable bonds is 3. The lowest BCUT2D eigenvalue weighted by molar-refractivity contribution is 0.958. The van der Waals surface area contributed by atoms with Gasteiger partial charge in [0.2, 0.25) is 0 Å². The number of benzene rings is 1. The van der Waals surface area contributed by atoms with Gasteiger partial charge in [0.15, 0.2) is 0 Å². The highest BCUT2D eigenvalue weighted by atomic mass is 32.1. The molecule has 0 atom stereocenters. The van der Waals surface area contributed by atoms with E-state index in [0.717, 1.165) is 23.4 Å². The maximum Gasteiger partial charge on any atom is 0.0951 e. The molecule has 2 rings (SSSR count). The summed E-state index contributed by atoms with van der Waals surface area (Å²) in [6, 6.07) is 6.48. The van der Waals surface area contributed by atoms with E-state index < -0.39 is 0 Å². The predicted octanol–water partition coefficient (Wildman–Crippen LogP) is 2.36. The molecule has 0 saturated carbocycles. The van der Waals surface area contributed by atoms with Crippen molar-refractivity contribution in [3.05, 3.63) is 28.8 Å². The SMILES string of the molecule is CCc1ccc2nc(CCN)sc2c1. The van der Waals surface area contributed by atoms with Crippen LogP contribution in [0.5, 0.6) is 0 Å². The Labute approximate surface area is 87.8 Å². The second-order valence-electron chi connectivity index (χ2n) is 3.30. The van der Waals surface area contributed by atoms with Crippen molar-refractivity contribution in [3.8, 4) is 0 Å². The molecule has 2 aromatic rings. The van der Waals surface area contributed by atoms with Crippen LogP contribution in [0.15, 0.2) is 18.2 Å². The maximum atomic E-state index is 5.51. The van der Waals surface area contributed by atoms with E-state index in [2.05, 4.69) is 30.1 Å². The number of hydrogen-bond donors (Lipinski definition) is 1. The molecule has 0 saturated heterocycles. The van der Waals surface area contributed by atoms with Gasteiger partial charge in [-0.1, -0.05) is 13.0 Å². The number of thiazole rings is 1. The predicted molar refractivity (Wildman–Crippen MR) is 61.8 cm³/mol. The maximum absolute atomic E-state index is 5.51. The van der Waals surface area contributed by atoms with Crippen molar-refractivity contribution in [1.82, 2.24) is 4.98 Å². The summed E-state index contributed by atoms with van der Waals surface area (Å²) in [5.41, 5.74) is 7.99. The summed E-state index contributed by atoms with van der Waals surface area (Å²) in [6.07, 6.45) is 1.97. The third-order valence-electron chi connectivity index (χ3n) is 2.26. The second kappa shape index (κ2) is 4.07. The summed E-state index contributed by atoms with van der Waals surface area (Å²) < 4.78 is 1.28. The Hall–Kier alpha value is -0.930. The summed E-state index contributed by atoms with van der Waals surface area (Å²) in [5.74, 6) is 0. The minimum Gasteiger partial charge on any atom is -0.330 e. The Morgan fingerprint density at radius 2 is 2.29 bits per heavy atom. The Kier molecular flexibility index (Phi) is 2.79. The molecule has 1 aromatic heterocycles. The molecule has 0 aliphatic rings. The van der Waals surface area contributed by atoms with Crippen molar-refractivity contribution < 1.29 is 0 Å². The van der Waals surface area contributed by atoms with Crippen molar-refractivity contribution >= 4 is 21.6 Å². The third-order valence-corrected chi connectivity index (χ3v) is 3.34. The molecular formula is C11H14N2S. The van der Waals surface area contributed by atoms with Crippen molar-refractivity contribution in [2.24, 2.45) is 5.73 Å². The lowest BCUT2D eigenvalue weighted by atomic mass is 10.2. The molecule has 3 heteroatoms. The molecule has 0 aliphatic heterocycles. The molecule has 0 spiro atoms. The zero-order valence-electron chi connectivity index (χ0n) is 8.29. The van der Waals surface area contributed by atoms with Gasteiger partial charge in [0.1, 0.15) is 0 Å². The van der Waals surface area contributed by atoms with E-state index in [1.165, 1.54) is 10.3 Å². The number of nitrogens with two attached hydrogens (primary N) is 1. The van der Waals surface area contributed by atoms with Gasteiger partial charge in [-0.05, 0) is 30.7 Å². The normalized spacial score (nSPS) is 11.0. The van der Waals surface area contributed by atoms with Crippen molar-refractivity contribution in [2.75, 3.05) is 6.54 Å². The first-order valence-corrected chi connectivity index (χ1v) is 5.73. The lowest BCUT2D eigenvalue weighted by Gasteiger charge is -1.93. The van der Waals surface area contributed by atoms with Gasteiger partial charge in [-0.3, -0.25) is 0 Å². The van der Waals surface area contributed by atoms with Gasteiger partial charge in [-0.2, -0.15) is 0 Å². The summed E-state index contributed by atoms with van der Waals surface area (Å²) in [5, 5.41) is 1.15. The summed E-state index contributed by atoms with van der Waals surface area (Å²) in [6.45, 7) is 2.85. The standard InChI is InChI=1S/C11H14N2S/c1-2-8-3-4-9-10(7-8)14-11(13-9)5-6-12/h3-4,7H,2,5-6,12H2,1H3. The molecule has 74 valence electrons. The smallest absolute Gasteiger partial charge is 0.0951 e. The molecule has 14 heavy (non-hydrogen) atoms. The van der Waals surface area contributed by atoms with Gasteiger partial charge < -0.3 is 5.73 Å². The topological polar surface area (TPSA) is 38.9 Å². The van der Waals surface area contributed by atoms with Crippen LogP contribution in [0.4, 0.5) is 0 Å². The van der Waals surface area contributed by atoms with Crippen LogP contribution in [0.25, 0.3) is 10.2 Å². The molecule has 0 amide bonds. The van der Waals surface area contributed by atoms with Crippen LogP contribution in [0.3, 0.4) is 0 Å². The fraction of sp³-hybridized carbons (Fsp3) is 0.364. The Morgan fingerprint density at radius 1 is 1.43 bits per heavy atom. The highest BCUT2D eigenvalue weighted by Gasteiger charge is 2.02. The molecule has 1 aromatic carbocycles. The van der Waals surface area contributed by atoms with Gasteiger partial charge in [0.05, 0.1) is 15.2 Å². The van der Waals surface area contributed by atoms with E-state index in [0.29, 0.717) is 6.54 Å². The van der Waals surface area contributed by atoms with Crippen molar-refractivity contribution in [1.29, 1.82) is 0 Å². The summed E-state index contributed by atoms with van der Waals surface area (Å²) in [4.78, 5) is 4.52. The fourth-order valence-corrected chi connectivity index (χ4v) is 2.51. The molecule has 2 N–H and O–H groups in total. The van der Waals surface area contributed by atoms with Crippen LogP contribution >= 0.6 is 11.3 Å². The van der Waals surface area contributed by atoms with Gasteiger partial charge in [-0.15, -0.1) is 11.3 Å². The van der Waals surface area contributed by atoms with E-state index in [1.807, 2.05) is 0 Å². The number of hydrogen-bond acceptors (Lipinski definition) is 3. The average Bonchev–Trinajstić information content (AvgIpc) is 2.59. The van der Waals surface area contributed by atoms with Crippen LogP contribution in [-0.4, -0.2) is 11.5 Å². The van der Waals surface area contributed by atoms with Crippen LogP contribution in [0.1, 0.15) is 17.5 Å². The Bertz CT molecular complexity index is 434. The molecule has 0 aliphatic carbocycles. The molecule has 1 heterocycles. The number of aromatic nitrogens is 1. The Balaban J connectivity index is 2.43. The van der Waals surface area contributed by atoms with Crippen molar-refractivity contribution in [3.63, 3.8) is 0 Å². The van der Waals surface area contributed by atoms with Crippen LogP contribution in [-0.2, 0) is 12.8 Å². The monoisotopic (exact) mass is 206 g/mol. The second-order valence-corrected chi connectivity index (χ2v) is 4.42. The largest absolute Gasteiger partial charge is 0.330 e. The first-order valence-electron chi connectivity index (χ1n) is 4.92. The van der Waals surface area contributed by atoms with E-state index in [9.17, 15) is 0 Å². The van der Waals surface area contributed by atoms with Gasteiger partial charge in [-0.25, -0.2) is 4.98 Å². The van der Waals surface area contributed by atoms with Gasteiger partial charge in [0, 0.05) is 6.42 Å². The molecular weight excluding hydrogens is 192 g/mol. The van der Waals surface area contributed by atoms with Crippen molar-refractivity contribution in [2.45, 2.75) is 19.8 Å². The average molecular weight is 206 g/mol. The number of aryl methyl sites for hydroxylation is 1. The third kappa shape index (κ3) is 1.79. The van der Waals surface area contributed by atoms with Gasteiger partial charge in [0.25, 0.3) is 0 Å². The fourth-order valence-electron chi connectivity index (χ4n) is 1.47. The first kappa shape index (κ1) is 9.62. The quantitative estimate of drug-likeness (QED) is 0.837. The molecule has 0 radical (unpaired) electrons. The molecule has 0 fully saturated rings. The summed E-state index contributed by atoms with van der Waals surface area (Å²) >= 11 is 1.76. The Morgan fingerprint density at radius 3 is 3.00 bits per heavy atom. The zero-order valence-corrected chi connectivity index (χ0v) is 9.10. The first-order chi connectivity index (χ1) is 6.83. The van der Waals surface area contributed by atoms with E-state index in [4.69, 9.17) is 5.73 Å². The molecule has 0 unspecified atom stereocenters. The zero-order chi connectivity index (χ0) is 9.97. The summed E-state index contributed by atoms with van der Waals surface area (Å²) in [7, 11) is 0. The van der Waals surface area contributed by atoms with E-state index >= 15 is 0 Å². The van der Waals surface area contributed by atoms with Crippen LogP contribution < -0.4 is 5.73 Å². The highest BCUT2D eigenvalue weighted by molar-refractivity contribution is 7.18. The number of fused-ring (bicyclic) bond motifs is 1. The van der Waals surface area contributed by atoms with E-state index in [-0.39, 0.29) is 0 Å². The highest BCUT2D eigenvalue weighted by Crippen LogP contribution is 2.23. The minimum absolute atomic E-state index is 0.681. The lowest BCUT2D eigenvalue weighted by Crippen LogP contribution is -2.01. The van der Waals surface area contributed by atoms with Crippen LogP contribution in [0.2, 0.25) is 0 Å². The number of nitrogens with zero attached hydrogens (tertiary/aromatic N) is 1. The molecule has 2 nitrogen and oxygen atoms in total.